The Kier molecular flexibility index (Phi) is 6.41. The number of thiophene rings is 1. The second-order valence-corrected chi connectivity index (χ2v) is 7.69. The molecule has 0 aliphatic rings. The highest BCUT2D eigenvalue weighted by Crippen LogP contribution is 2.18. The van der Waals surface area contributed by atoms with E-state index in [2.05, 4.69) is 16.0 Å². The number of hydrogen-bond donors (Lipinski definition) is 0. The van der Waals surface area contributed by atoms with Gasteiger partial charge in [-0.1, -0.05) is 18.2 Å². The normalized spacial score (nSPS) is 10.8. The SMILES string of the molecule is Cc1cc(C(=O)COC(=O)Cc2ccc(F)cc2)c(C)n1CCc1cccs1. The lowest BCUT2D eigenvalue weighted by Crippen LogP contribution is -2.16. The Hall–Kier alpha value is -2.73. The molecule has 6 heteroatoms. The van der Waals surface area contributed by atoms with E-state index in [1.807, 2.05) is 26.0 Å². The van der Waals surface area contributed by atoms with Crippen LogP contribution in [0, 0.1) is 19.7 Å². The van der Waals surface area contributed by atoms with Gasteiger partial charge in [-0.3, -0.25) is 9.59 Å². The molecule has 2 heterocycles. The number of esters is 1. The third-order valence-electron chi connectivity index (χ3n) is 4.66. The summed E-state index contributed by atoms with van der Waals surface area (Å²) in [6.45, 7) is 4.39. The molecular formula is C22H22FNO3S. The molecular weight excluding hydrogens is 377 g/mol. The van der Waals surface area contributed by atoms with Crippen molar-refractivity contribution in [1.29, 1.82) is 0 Å². The lowest BCUT2D eigenvalue weighted by molar-refractivity contribution is -0.141. The van der Waals surface area contributed by atoms with Crippen LogP contribution in [0.4, 0.5) is 4.39 Å². The lowest BCUT2D eigenvalue weighted by atomic mass is 10.1. The predicted molar refractivity (Wildman–Crippen MR) is 107 cm³/mol. The van der Waals surface area contributed by atoms with Gasteiger partial charge in [-0.15, -0.1) is 11.3 Å². The zero-order valence-electron chi connectivity index (χ0n) is 15.9. The lowest BCUT2D eigenvalue weighted by Gasteiger charge is -2.09. The van der Waals surface area contributed by atoms with Gasteiger partial charge < -0.3 is 9.30 Å². The standard InChI is InChI=1S/C22H22FNO3S/c1-15-12-20(16(2)24(15)10-9-19-4-3-11-28-19)21(25)14-27-22(26)13-17-5-7-18(23)8-6-17/h3-8,11-12H,9-10,13-14H2,1-2H3. The summed E-state index contributed by atoms with van der Waals surface area (Å²) in [4.78, 5) is 25.8. The van der Waals surface area contributed by atoms with Crippen LogP contribution in [-0.4, -0.2) is 22.9 Å². The summed E-state index contributed by atoms with van der Waals surface area (Å²) < 4.78 is 20.2. The first-order valence-electron chi connectivity index (χ1n) is 9.06. The monoisotopic (exact) mass is 399 g/mol. The quantitative estimate of drug-likeness (QED) is 0.413. The number of ether oxygens (including phenoxy) is 1. The number of halogens is 1. The molecule has 0 amide bonds. The maximum absolute atomic E-state index is 12.9. The van der Waals surface area contributed by atoms with Crippen LogP contribution in [0.5, 0.6) is 0 Å². The van der Waals surface area contributed by atoms with E-state index in [-0.39, 0.29) is 24.6 Å². The summed E-state index contributed by atoms with van der Waals surface area (Å²) in [6, 6.07) is 11.6. The topological polar surface area (TPSA) is 48.3 Å². The molecule has 0 radical (unpaired) electrons. The third kappa shape index (κ3) is 4.95. The van der Waals surface area contributed by atoms with E-state index in [4.69, 9.17) is 4.74 Å². The van der Waals surface area contributed by atoms with Crippen molar-refractivity contribution >= 4 is 23.1 Å². The number of carbonyl (C=O) groups excluding carboxylic acids is 2. The zero-order chi connectivity index (χ0) is 20.1. The molecule has 3 rings (SSSR count). The van der Waals surface area contributed by atoms with Crippen molar-refractivity contribution < 1.29 is 18.7 Å². The number of rotatable bonds is 8. The van der Waals surface area contributed by atoms with Crippen LogP contribution in [0.15, 0.2) is 47.8 Å². The Balaban J connectivity index is 1.57. The molecule has 1 aromatic carbocycles. The van der Waals surface area contributed by atoms with Crippen molar-refractivity contribution in [2.75, 3.05) is 6.61 Å². The van der Waals surface area contributed by atoms with Crippen molar-refractivity contribution in [3.05, 3.63) is 81.1 Å². The molecule has 3 aromatic rings. The predicted octanol–water partition coefficient (Wildman–Crippen LogP) is 4.52. The molecule has 0 saturated heterocycles. The molecule has 0 aliphatic carbocycles. The highest BCUT2D eigenvalue weighted by molar-refractivity contribution is 7.09. The van der Waals surface area contributed by atoms with Gasteiger partial charge in [0.15, 0.2) is 6.61 Å². The van der Waals surface area contributed by atoms with Gasteiger partial charge in [0.2, 0.25) is 5.78 Å². The summed E-state index contributed by atoms with van der Waals surface area (Å²) in [5, 5.41) is 2.06. The van der Waals surface area contributed by atoms with E-state index in [1.165, 1.54) is 29.1 Å². The maximum atomic E-state index is 12.9. The maximum Gasteiger partial charge on any atom is 0.310 e. The fraction of sp³-hybridized carbons (Fsp3) is 0.273. The van der Waals surface area contributed by atoms with Gasteiger partial charge in [-0.2, -0.15) is 0 Å². The molecule has 0 atom stereocenters. The molecule has 0 bridgehead atoms. The summed E-state index contributed by atoms with van der Waals surface area (Å²) >= 11 is 1.72. The number of nitrogens with zero attached hydrogens (tertiary/aromatic N) is 1. The van der Waals surface area contributed by atoms with Crippen LogP contribution >= 0.6 is 11.3 Å². The van der Waals surface area contributed by atoms with Crippen molar-refractivity contribution in [2.45, 2.75) is 33.2 Å². The van der Waals surface area contributed by atoms with Crippen molar-refractivity contribution in [2.24, 2.45) is 0 Å². The molecule has 146 valence electrons. The van der Waals surface area contributed by atoms with E-state index >= 15 is 0 Å². The van der Waals surface area contributed by atoms with Gasteiger partial charge in [0.1, 0.15) is 5.82 Å². The number of Topliss-reactive ketones (excluding diaryl/α,β-unsaturated/α-hetero) is 1. The second kappa shape index (κ2) is 8.97. The largest absolute Gasteiger partial charge is 0.457 e. The highest BCUT2D eigenvalue weighted by Gasteiger charge is 2.17. The summed E-state index contributed by atoms with van der Waals surface area (Å²) in [5.41, 5.74) is 3.12. The molecule has 0 aliphatic heterocycles. The van der Waals surface area contributed by atoms with E-state index in [1.54, 1.807) is 11.3 Å². The Labute approximate surface area is 167 Å². The Morgan fingerprint density at radius 2 is 1.89 bits per heavy atom. The van der Waals surface area contributed by atoms with Crippen LogP contribution in [0.2, 0.25) is 0 Å². The fourth-order valence-corrected chi connectivity index (χ4v) is 3.85. The highest BCUT2D eigenvalue weighted by atomic mass is 32.1. The molecule has 0 fully saturated rings. The number of aryl methyl sites for hydroxylation is 2. The smallest absolute Gasteiger partial charge is 0.310 e. The Morgan fingerprint density at radius 1 is 1.14 bits per heavy atom. The molecule has 0 N–H and O–H groups in total. The molecule has 2 aromatic heterocycles. The van der Waals surface area contributed by atoms with Crippen LogP contribution in [-0.2, 0) is 28.9 Å². The van der Waals surface area contributed by atoms with Crippen LogP contribution < -0.4 is 0 Å². The minimum absolute atomic E-state index is 0.00734. The summed E-state index contributed by atoms with van der Waals surface area (Å²) in [6.07, 6.45) is 0.918. The zero-order valence-corrected chi connectivity index (χ0v) is 16.7. The minimum Gasteiger partial charge on any atom is -0.457 e. The molecule has 0 unspecified atom stereocenters. The van der Waals surface area contributed by atoms with E-state index in [9.17, 15) is 14.0 Å². The van der Waals surface area contributed by atoms with Crippen LogP contribution in [0.25, 0.3) is 0 Å². The second-order valence-electron chi connectivity index (χ2n) is 6.65. The average Bonchev–Trinajstić information content (AvgIpc) is 3.28. The van der Waals surface area contributed by atoms with Gasteiger partial charge in [0.05, 0.1) is 6.42 Å². The van der Waals surface area contributed by atoms with Gasteiger partial charge in [-0.05, 0) is 55.5 Å². The van der Waals surface area contributed by atoms with Crippen molar-refractivity contribution in [1.82, 2.24) is 4.57 Å². The first kappa shape index (κ1) is 20.0. The number of benzene rings is 1. The number of hydrogen-bond acceptors (Lipinski definition) is 4. The van der Waals surface area contributed by atoms with E-state index in [0.717, 1.165) is 24.4 Å². The molecule has 28 heavy (non-hydrogen) atoms. The number of ketones is 1. The first-order chi connectivity index (χ1) is 13.4. The van der Waals surface area contributed by atoms with E-state index in [0.29, 0.717) is 11.1 Å². The first-order valence-corrected chi connectivity index (χ1v) is 9.94. The van der Waals surface area contributed by atoms with Crippen LogP contribution in [0.1, 0.15) is 32.2 Å². The van der Waals surface area contributed by atoms with Crippen molar-refractivity contribution in [3.8, 4) is 0 Å². The average molecular weight is 399 g/mol. The fourth-order valence-electron chi connectivity index (χ4n) is 3.15. The molecule has 0 spiro atoms. The van der Waals surface area contributed by atoms with Crippen LogP contribution in [0.3, 0.4) is 0 Å². The Morgan fingerprint density at radius 3 is 2.57 bits per heavy atom. The van der Waals surface area contributed by atoms with Gasteiger partial charge in [-0.25, -0.2) is 4.39 Å². The van der Waals surface area contributed by atoms with Crippen molar-refractivity contribution in [3.63, 3.8) is 0 Å². The third-order valence-corrected chi connectivity index (χ3v) is 5.60. The number of carbonyl (C=O) groups is 2. The summed E-state index contributed by atoms with van der Waals surface area (Å²) in [5.74, 6) is -1.09. The van der Waals surface area contributed by atoms with Gasteiger partial charge in [0.25, 0.3) is 0 Å². The number of aromatic nitrogens is 1. The molecule has 4 nitrogen and oxygen atoms in total. The summed E-state index contributed by atoms with van der Waals surface area (Å²) in [7, 11) is 0. The van der Waals surface area contributed by atoms with Gasteiger partial charge in [0, 0.05) is 28.4 Å². The minimum atomic E-state index is -0.508. The Bertz CT molecular complexity index is 959. The molecule has 0 saturated carbocycles. The van der Waals surface area contributed by atoms with Gasteiger partial charge >= 0.3 is 5.97 Å². The van der Waals surface area contributed by atoms with E-state index < -0.39 is 5.97 Å².